The van der Waals surface area contributed by atoms with Crippen LogP contribution in [0, 0.1) is 5.92 Å². The third-order valence-corrected chi connectivity index (χ3v) is 4.89. The molecular weight excluding hydrogens is 222 g/mol. The van der Waals surface area contributed by atoms with E-state index in [1.165, 1.54) is 51.4 Å². The Morgan fingerprint density at radius 2 is 1.67 bits per heavy atom. The molecule has 18 heavy (non-hydrogen) atoms. The first-order valence-corrected chi connectivity index (χ1v) is 8.08. The zero-order chi connectivity index (χ0) is 12.8. The van der Waals surface area contributed by atoms with Gasteiger partial charge in [0.25, 0.3) is 0 Å². The number of hydrogen-bond acceptors (Lipinski definition) is 2. The average Bonchev–Trinajstić information content (AvgIpc) is 2.64. The number of carbonyl (C=O) groups excluding carboxylic acids is 1. The Bertz CT molecular complexity index is 258. The molecule has 2 heteroatoms. The van der Waals surface area contributed by atoms with Crippen molar-refractivity contribution in [3.05, 3.63) is 0 Å². The summed E-state index contributed by atoms with van der Waals surface area (Å²) in [6, 6.07) is 0.667. The largest absolute Gasteiger partial charge is 0.298 e. The van der Waals surface area contributed by atoms with Crippen LogP contribution in [0.1, 0.15) is 71.1 Å². The summed E-state index contributed by atoms with van der Waals surface area (Å²) in [7, 11) is 0. The first-order valence-electron chi connectivity index (χ1n) is 8.08. The summed E-state index contributed by atoms with van der Waals surface area (Å²) in [6.07, 6.45) is 12.7. The molecule has 1 heterocycles. The van der Waals surface area contributed by atoms with Gasteiger partial charge in [-0.3, -0.25) is 9.69 Å². The first kappa shape index (κ1) is 14.0. The van der Waals surface area contributed by atoms with Crippen LogP contribution in [0.2, 0.25) is 0 Å². The van der Waals surface area contributed by atoms with Crippen molar-refractivity contribution in [1.82, 2.24) is 4.90 Å². The molecule has 1 saturated heterocycles. The minimum Gasteiger partial charge on any atom is -0.298 e. The van der Waals surface area contributed by atoms with Crippen molar-refractivity contribution in [2.24, 2.45) is 5.92 Å². The van der Waals surface area contributed by atoms with Crippen LogP contribution < -0.4 is 0 Å². The average molecular weight is 251 g/mol. The van der Waals surface area contributed by atoms with Gasteiger partial charge >= 0.3 is 0 Å². The minimum atomic E-state index is 0.388. The molecule has 0 aromatic heterocycles. The molecule has 1 aliphatic heterocycles. The van der Waals surface area contributed by atoms with Gasteiger partial charge in [-0.1, -0.05) is 39.0 Å². The summed E-state index contributed by atoms with van der Waals surface area (Å²) < 4.78 is 0. The maximum absolute atomic E-state index is 12.4. The highest BCUT2D eigenvalue weighted by Gasteiger charge is 2.26. The lowest BCUT2D eigenvalue weighted by atomic mass is 9.86. The summed E-state index contributed by atoms with van der Waals surface area (Å²) >= 11 is 0. The minimum absolute atomic E-state index is 0.388. The molecular formula is C16H29NO. The van der Waals surface area contributed by atoms with Crippen LogP contribution in [-0.2, 0) is 4.79 Å². The van der Waals surface area contributed by atoms with E-state index in [0.717, 1.165) is 25.9 Å². The van der Waals surface area contributed by atoms with E-state index in [4.69, 9.17) is 0 Å². The van der Waals surface area contributed by atoms with Gasteiger partial charge in [0.2, 0.25) is 0 Å². The Morgan fingerprint density at radius 1 is 1.00 bits per heavy atom. The summed E-state index contributed by atoms with van der Waals surface area (Å²) in [5, 5.41) is 0. The molecule has 0 radical (unpaired) electrons. The van der Waals surface area contributed by atoms with Crippen LogP contribution in [0.4, 0.5) is 0 Å². The molecule has 0 N–H and O–H groups in total. The van der Waals surface area contributed by atoms with E-state index in [1.807, 2.05) is 0 Å². The first-order chi connectivity index (χ1) is 8.81. The van der Waals surface area contributed by atoms with E-state index in [1.54, 1.807) is 0 Å². The number of Topliss-reactive ketones (excluding diaryl/α,β-unsaturated/α-hetero) is 1. The summed E-state index contributed by atoms with van der Waals surface area (Å²) in [6.45, 7) is 4.16. The van der Waals surface area contributed by atoms with Crippen molar-refractivity contribution >= 4 is 5.78 Å². The predicted octanol–water partition coefficient (Wildman–Crippen LogP) is 3.79. The monoisotopic (exact) mass is 251 g/mol. The molecule has 0 aromatic rings. The Kier molecular flexibility index (Phi) is 5.68. The number of ketones is 1. The van der Waals surface area contributed by atoms with Gasteiger partial charge in [-0.05, 0) is 38.6 Å². The molecule has 2 rings (SSSR count). The lowest BCUT2D eigenvalue weighted by Crippen LogP contribution is -2.40. The van der Waals surface area contributed by atoms with Crippen LogP contribution in [-0.4, -0.2) is 29.8 Å². The number of nitrogens with zero attached hydrogens (tertiary/aromatic N) is 1. The third-order valence-electron chi connectivity index (χ3n) is 4.89. The molecule has 0 aromatic carbocycles. The van der Waals surface area contributed by atoms with E-state index in [-0.39, 0.29) is 0 Å². The lowest BCUT2D eigenvalue weighted by Gasteiger charge is -2.30. The molecule has 2 aliphatic rings. The molecule has 104 valence electrons. The van der Waals surface area contributed by atoms with Crippen LogP contribution >= 0.6 is 0 Å². The fourth-order valence-corrected chi connectivity index (χ4v) is 3.66. The van der Waals surface area contributed by atoms with Crippen LogP contribution in [0.3, 0.4) is 0 Å². The van der Waals surface area contributed by atoms with Crippen molar-refractivity contribution in [1.29, 1.82) is 0 Å². The van der Waals surface area contributed by atoms with Gasteiger partial charge in [-0.15, -0.1) is 0 Å². The topological polar surface area (TPSA) is 20.3 Å². The lowest BCUT2D eigenvalue weighted by molar-refractivity contribution is -0.125. The van der Waals surface area contributed by atoms with Gasteiger partial charge in [0.05, 0.1) is 6.54 Å². The normalized spacial score (nSPS) is 27.9. The maximum atomic E-state index is 12.4. The smallest absolute Gasteiger partial charge is 0.149 e. The molecule has 1 unspecified atom stereocenters. The van der Waals surface area contributed by atoms with E-state index in [9.17, 15) is 4.79 Å². The van der Waals surface area contributed by atoms with Gasteiger partial charge in [-0.25, -0.2) is 0 Å². The van der Waals surface area contributed by atoms with Gasteiger partial charge in [-0.2, -0.15) is 0 Å². The van der Waals surface area contributed by atoms with Crippen LogP contribution in [0.5, 0.6) is 0 Å². The Morgan fingerprint density at radius 3 is 2.39 bits per heavy atom. The second kappa shape index (κ2) is 7.28. The van der Waals surface area contributed by atoms with Gasteiger partial charge in [0.1, 0.15) is 5.78 Å². The molecule has 0 bridgehead atoms. The van der Waals surface area contributed by atoms with E-state index in [2.05, 4.69) is 11.8 Å². The summed E-state index contributed by atoms with van der Waals surface area (Å²) in [5.41, 5.74) is 0. The molecule has 1 atom stereocenters. The highest BCUT2D eigenvalue weighted by Crippen LogP contribution is 2.26. The summed E-state index contributed by atoms with van der Waals surface area (Å²) in [4.78, 5) is 14.9. The van der Waals surface area contributed by atoms with Gasteiger partial charge in [0, 0.05) is 12.0 Å². The van der Waals surface area contributed by atoms with Crippen molar-refractivity contribution in [3.63, 3.8) is 0 Å². The van der Waals surface area contributed by atoms with Crippen LogP contribution in [0.15, 0.2) is 0 Å². The predicted molar refractivity (Wildman–Crippen MR) is 75.7 cm³/mol. The maximum Gasteiger partial charge on any atom is 0.149 e. The molecule has 2 nitrogen and oxygen atoms in total. The van der Waals surface area contributed by atoms with E-state index >= 15 is 0 Å². The molecule has 1 saturated carbocycles. The van der Waals surface area contributed by atoms with Crippen molar-refractivity contribution in [2.75, 3.05) is 13.1 Å². The Balaban J connectivity index is 1.86. The standard InChI is InChI=1S/C16H29NO/c1-2-15-11-7-4-8-12-17(15)13-16(18)14-9-5-3-6-10-14/h14-15H,2-13H2,1H3. The van der Waals surface area contributed by atoms with Crippen LogP contribution in [0.25, 0.3) is 0 Å². The van der Waals surface area contributed by atoms with E-state index < -0.39 is 0 Å². The molecule has 0 spiro atoms. The van der Waals surface area contributed by atoms with E-state index in [0.29, 0.717) is 17.7 Å². The van der Waals surface area contributed by atoms with Crippen molar-refractivity contribution in [3.8, 4) is 0 Å². The Labute approximate surface area is 112 Å². The highest BCUT2D eigenvalue weighted by atomic mass is 16.1. The second-order valence-electron chi connectivity index (χ2n) is 6.18. The number of carbonyl (C=O) groups is 1. The zero-order valence-corrected chi connectivity index (χ0v) is 12.0. The number of likely N-dealkylation sites (tertiary alicyclic amines) is 1. The zero-order valence-electron chi connectivity index (χ0n) is 12.0. The Hall–Kier alpha value is -0.370. The fraction of sp³-hybridized carbons (Fsp3) is 0.938. The summed E-state index contributed by atoms with van der Waals surface area (Å²) in [5.74, 6) is 0.926. The molecule has 0 amide bonds. The number of rotatable bonds is 4. The molecule has 2 fully saturated rings. The SMILES string of the molecule is CCC1CCCCCN1CC(=O)C1CCCCC1. The van der Waals surface area contributed by atoms with Crippen molar-refractivity contribution in [2.45, 2.75) is 77.2 Å². The quantitative estimate of drug-likeness (QED) is 0.757. The van der Waals surface area contributed by atoms with Gasteiger partial charge < -0.3 is 0 Å². The third kappa shape index (κ3) is 3.81. The van der Waals surface area contributed by atoms with Gasteiger partial charge in [0.15, 0.2) is 0 Å². The fourth-order valence-electron chi connectivity index (χ4n) is 3.66. The molecule has 1 aliphatic carbocycles. The highest BCUT2D eigenvalue weighted by molar-refractivity contribution is 5.83. The van der Waals surface area contributed by atoms with Crippen molar-refractivity contribution < 1.29 is 4.79 Å². The number of hydrogen-bond donors (Lipinski definition) is 0. The second-order valence-corrected chi connectivity index (χ2v) is 6.18.